The van der Waals surface area contributed by atoms with Gasteiger partial charge in [0.05, 0.1) is 29.7 Å². The molecule has 2 aliphatic rings. The molecule has 0 aliphatic carbocycles. The second-order valence-corrected chi connectivity index (χ2v) is 7.46. The number of benzene rings is 1. The van der Waals surface area contributed by atoms with Gasteiger partial charge in [-0.15, -0.1) is 0 Å². The van der Waals surface area contributed by atoms with E-state index < -0.39 is 0 Å². The van der Waals surface area contributed by atoms with Crippen LogP contribution in [0, 0.1) is 11.3 Å². The zero-order chi connectivity index (χ0) is 20.0. The minimum atomic E-state index is 0.273. The van der Waals surface area contributed by atoms with E-state index >= 15 is 0 Å². The van der Waals surface area contributed by atoms with E-state index in [4.69, 9.17) is 4.98 Å². The first-order valence-electron chi connectivity index (χ1n) is 9.46. The maximum atomic E-state index is 9.59. The van der Waals surface area contributed by atoms with Gasteiger partial charge in [-0.2, -0.15) is 10.4 Å². The topological polar surface area (TPSA) is 106 Å². The molecule has 3 aromatic rings. The molecule has 9 nitrogen and oxygen atoms in total. The SMILES string of the molecule is Cn1cc(-c2ncc(C#N)c(N3C[C@@H]4C[C@H]3CN4c3cccc(NO)c3)n2)cn1. The summed E-state index contributed by atoms with van der Waals surface area (Å²) in [5.41, 5.74) is 5.28. The highest BCUT2D eigenvalue weighted by Gasteiger charge is 2.44. The monoisotopic (exact) mass is 388 g/mol. The van der Waals surface area contributed by atoms with Gasteiger partial charge in [0.25, 0.3) is 0 Å². The lowest BCUT2D eigenvalue weighted by Gasteiger charge is -2.36. The predicted molar refractivity (Wildman–Crippen MR) is 108 cm³/mol. The molecule has 0 radical (unpaired) electrons. The Bertz CT molecular complexity index is 1100. The van der Waals surface area contributed by atoms with Gasteiger partial charge in [-0.3, -0.25) is 15.4 Å². The highest BCUT2D eigenvalue weighted by atomic mass is 16.5. The van der Waals surface area contributed by atoms with Crippen LogP contribution >= 0.6 is 0 Å². The first-order valence-corrected chi connectivity index (χ1v) is 9.46. The van der Waals surface area contributed by atoms with Crippen LogP contribution in [-0.4, -0.2) is 50.1 Å². The van der Waals surface area contributed by atoms with Crippen molar-refractivity contribution in [2.45, 2.75) is 18.5 Å². The van der Waals surface area contributed by atoms with Gasteiger partial charge in [0, 0.05) is 38.1 Å². The van der Waals surface area contributed by atoms with Gasteiger partial charge in [-0.1, -0.05) is 6.07 Å². The summed E-state index contributed by atoms with van der Waals surface area (Å²) in [4.78, 5) is 13.7. The maximum absolute atomic E-state index is 9.59. The van der Waals surface area contributed by atoms with E-state index in [0.29, 0.717) is 28.9 Å². The number of hydrogen-bond acceptors (Lipinski definition) is 8. The number of anilines is 3. The lowest BCUT2D eigenvalue weighted by atomic mass is 10.2. The molecule has 2 N–H and O–H groups in total. The van der Waals surface area contributed by atoms with E-state index in [2.05, 4.69) is 37.5 Å². The Balaban J connectivity index is 1.43. The van der Waals surface area contributed by atoms with Crippen LogP contribution in [0.4, 0.5) is 17.2 Å². The molecule has 29 heavy (non-hydrogen) atoms. The summed E-state index contributed by atoms with van der Waals surface area (Å²) >= 11 is 0. The molecule has 2 saturated heterocycles. The molecule has 5 rings (SSSR count). The zero-order valence-corrected chi connectivity index (χ0v) is 15.9. The molecule has 0 amide bonds. The van der Waals surface area contributed by atoms with E-state index in [9.17, 15) is 10.5 Å². The fraction of sp³-hybridized carbons (Fsp3) is 0.300. The molecule has 2 aliphatic heterocycles. The number of piperazine rings is 1. The normalized spacial score (nSPS) is 20.2. The quantitative estimate of drug-likeness (QED) is 0.654. The minimum absolute atomic E-state index is 0.273. The van der Waals surface area contributed by atoms with Crippen molar-refractivity contribution >= 4 is 17.2 Å². The number of rotatable bonds is 4. The molecule has 1 aromatic carbocycles. The summed E-state index contributed by atoms with van der Waals surface area (Å²) in [5.74, 6) is 1.27. The van der Waals surface area contributed by atoms with E-state index in [-0.39, 0.29) is 6.04 Å². The summed E-state index contributed by atoms with van der Waals surface area (Å²) in [6, 6.07) is 10.6. The third-order valence-corrected chi connectivity index (χ3v) is 5.67. The maximum Gasteiger partial charge on any atom is 0.164 e. The van der Waals surface area contributed by atoms with E-state index in [1.165, 1.54) is 0 Å². The van der Waals surface area contributed by atoms with Crippen molar-refractivity contribution in [3.63, 3.8) is 0 Å². The minimum Gasteiger partial charge on any atom is -0.365 e. The third-order valence-electron chi connectivity index (χ3n) is 5.67. The molecule has 2 aromatic heterocycles. The van der Waals surface area contributed by atoms with Crippen LogP contribution in [0.3, 0.4) is 0 Å². The molecular formula is C20H20N8O. The van der Waals surface area contributed by atoms with Crippen molar-refractivity contribution in [3.8, 4) is 17.5 Å². The lowest BCUT2D eigenvalue weighted by Crippen LogP contribution is -2.47. The van der Waals surface area contributed by atoms with Gasteiger partial charge in [0.15, 0.2) is 11.6 Å². The molecule has 146 valence electrons. The van der Waals surface area contributed by atoms with Crippen LogP contribution in [0.25, 0.3) is 11.4 Å². The molecule has 2 atom stereocenters. The van der Waals surface area contributed by atoms with Crippen LogP contribution in [0.15, 0.2) is 42.9 Å². The predicted octanol–water partition coefficient (Wildman–Crippen LogP) is 2.02. The van der Waals surface area contributed by atoms with E-state index in [1.807, 2.05) is 31.4 Å². The summed E-state index contributed by atoms with van der Waals surface area (Å²) in [7, 11) is 1.85. The fourth-order valence-electron chi connectivity index (χ4n) is 4.34. The lowest BCUT2D eigenvalue weighted by molar-refractivity contribution is 0.389. The molecule has 0 unspecified atom stereocenters. The summed E-state index contributed by atoms with van der Waals surface area (Å²) in [6.45, 7) is 1.64. The van der Waals surface area contributed by atoms with Gasteiger partial charge in [-0.05, 0) is 24.6 Å². The molecule has 0 spiro atoms. The smallest absolute Gasteiger partial charge is 0.164 e. The molecule has 2 fully saturated rings. The number of nitrogens with one attached hydrogen (secondary N) is 1. The van der Waals surface area contributed by atoms with Gasteiger partial charge >= 0.3 is 0 Å². The number of hydrogen-bond donors (Lipinski definition) is 2. The number of aryl methyl sites for hydroxylation is 1. The van der Waals surface area contributed by atoms with Crippen molar-refractivity contribution < 1.29 is 5.21 Å². The van der Waals surface area contributed by atoms with Crippen LogP contribution in [-0.2, 0) is 7.05 Å². The van der Waals surface area contributed by atoms with Crippen molar-refractivity contribution in [2.24, 2.45) is 7.05 Å². The zero-order valence-electron chi connectivity index (χ0n) is 15.9. The summed E-state index contributed by atoms with van der Waals surface area (Å²) in [5, 5.41) is 23.0. The summed E-state index contributed by atoms with van der Waals surface area (Å²) < 4.78 is 1.71. The van der Waals surface area contributed by atoms with Gasteiger partial charge in [0.2, 0.25) is 0 Å². The Morgan fingerprint density at radius 2 is 2.03 bits per heavy atom. The molecule has 0 saturated carbocycles. The van der Waals surface area contributed by atoms with Gasteiger partial charge in [0.1, 0.15) is 11.6 Å². The van der Waals surface area contributed by atoms with Crippen LogP contribution < -0.4 is 15.3 Å². The molecule has 4 heterocycles. The Kier molecular flexibility index (Phi) is 4.07. The fourth-order valence-corrected chi connectivity index (χ4v) is 4.34. The average molecular weight is 388 g/mol. The molecule has 2 bridgehead atoms. The standard InChI is InChI=1S/C20H20N8O/c1-26-10-14(9-23-26)19-22-8-13(7-21)20(24-19)28-12-17-6-18(28)11-27(17)16-4-2-3-15(5-16)25-29/h2-5,8-10,17-18,25,29H,6,11-12H2,1H3/t17-,18-/m0/s1. The van der Waals surface area contributed by atoms with Crippen LogP contribution in [0.5, 0.6) is 0 Å². The largest absolute Gasteiger partial charge is 0.365 e. The Morgan fingerprint density at radius 1 is 1.21 bits per heavy atom. The number of aromatic nitrogens is 4. The number of fused-ring (bicyclic) bond motifs is 2. The van der Waals surface area contributed by atoms with Crippen LogP contribution in [0.2, 0.25) is 0 Å². The van der Waals surface area contributed by atoms with Gasteiger partial charge in [-0.25, -0.2) is 9.97 Å². The van der Waals surface area contributed by atoms with Crippen molar-refractivity contribution in [2.75, 3.05) is 28.4 Å². The van der Waals surface area contributed by atoms with Gasteiger partial charge < -0.3 is 9.80 Å². The van der Waals surface area contributed by atoms with Crippen molar-refractivity contribution in [3.05, 3.63) is 48.4 Å². The Morgan fingerprint density at radius 3 is 2.72 bits per heavy atom. The van der Waals surface area contributed by atoms with E-state index in [0.717, 1.165) is 30.8 Å². The second-order valence-electron chi connectivity index (χ2n) is 7.46. The number of nitriles is 1. The van der Waals surface area contributed by atoms with Crippen molar-refractivity contribution in [1.29, 1.82) is 5.26 Å². The highest BCUT2D eigenvalue weighted by Crippen LogP contribution is 2.38. The first-order chi connectivity index (χ1) is 14.2. The summed E-state index contributed by atoms with van der Waals surface area (Å²) in [6.07, 6.45) is 6.20. The first kappa shape index (κ1) is 17.5. The van der Waals surface area contributed by atoms with Crippen molar-refractivity contribution in [1.82, 2.24) is 19.7 Å². The molecule has 9 heteroatoms. The van der Waals surface area contributed by atoms with Crippen LogP contribution in [0.1, 0.15) is 12.0 Å². The van der Waals surface area contributed by atoms with E-state index in [1.54, 1.807) is 17.1 Å². The average Bonchev–Trinajstić information content (AvgIpc) is 3.49. The Hall–Kier alpha value is -3.64. The number of nitrogens with zero attached hydrogens (tertiary/aromatic N) is 7. The third kappa shape index (κ3) is 2.94. The Labute approximate surface area is 167 Å². The highest BCUT2D eigenvalue weighted by molar-refractivity contribution is 5.65. The second kappa shape index (κ2) is 6.76. The molecular weight excluding hydrogens is 368 g/mol.